The number of thiazole rings is 1. The second kappa shape index (κ2) is 4.81. The number of nitrogens with zero attached hydrogens (tertiary/aromatic N) is 1. The average Bonchev–Trinajstić information content (AvgIpc) is 2.49. The predicted octanol–water partition coefficient (Wildman–Crippen LogP) is 1.62. The van der Waals surface area contributed by atoms with Crippen LogP contribution in [0.2, 0.25) is 0 Å². The summed E-state index contributed by atoms with van der Waals surface area (Å²) in [4.78, 5) is 14.4. The maximum atomic E-state index is 10.1. The highest BCUT2D eigenvalue weighted by molar-refractivity contribution is 7.19. The predicted molar refractivity (Wildman–Crippen MR) is 55.0 cm³/mol. The zero-order valence-corrected chi connectivity index (χ0v) is 8.49. The van der Waals surface area contributed by atoms with Crippen LogP contribution < -0.4 is 10.6 Å². The van der Waals surface area contributed by atoms with Crippen molar-refractivity contribution in [3.8, 4) is 0 Å². The Morgan fingerprint density at radius 2 is 2.31 bits per heavy atom. The molecular formula is C8H12N3OS. The highest BCUT2D eigenvalue weighted by Gasteiger charge is 2.07. The fourth-order valence-electron chi connectivity index (χ4n) is 0.962. The zero-order chi connectivity index (χ0) is 9.68. The van der Waals surface area contributed by atoms with Gasteiger partial charge in [-0.3, -0.25) is 4.79 Å². The van der Waals surface area contributed by atoms with Gasteiger partial charge in [-0.15, -0.1) is 0 Å². The number of aryl methyl sites for hydroxylation is 1. The molecular weight excluding hydrogens is 186 g/mol. The average molecular weight is 198 g/mol. The standard InChI is InChI=1S/C8H12N3OS/c1-3-6-7(10-5-12)13-8(11-6)9-4-2/h3-4H2,1-2H3,(H,9,11)(H,10,12). The molecule has 71 valence electrons. The van der Waals surface area contributed by atoms with Crippen molar-refractivity contribution >= 4 is 27.9 Å². The van der Waals surface area contributed by atoms with E-state index in [4.69, 9.17) is 0 Å². The summed E-state index contributed by atoms with van der Waals surface area (Å²) in [6, 6.07) is 0. The van der Waals surface area contributed by atoms with Crippen LogP contribution in [-0.4, -0.2) is 17.9 Å². The lowest BCUT2D eigenvalue weighted by Crippen LogP contribution is -1.96. The van der Waals surface area contributed by atoms with Crippen LogP contribution in [0.25, 0.3) is 0 Å². The second-order valence-electron chi connectivity index (χ2n) is 2.41. The maximum absolute atomic E-state index is 10.1. The molecule has 1 aromatic rings. The number of hydrogen-bond donors (Lipinski definition) is 2. The van der Waals surface area contributed by atoms with Crippen molar-refractivity contribution in [1.29, 1.82) is 0 Å². The van der Waals surface area contributed by atoms with Crippen molar-refractivity contribution in [3.63, 3.8) is 0 Å². The first-order valence-corrected chi connectivity index (χ1v) is 5.00. The van der Waals surface area contributed by atoms with Crippen LogP contribution in [0.5, 0.6) is 0 Å². The van der Waals surface area contributed by atoms with Crippen molar-refractivity contribution in [2.75, 3.05) is 17.2 Å². The Balaban J connectivity index is 2.83. The molecule has 1 heterocycles. The molecule has 0 saturated heterocycles. The third kappa shape index (κ3) is 2.42. The van der Waals surface area contributed by atoms with E-state index in [0.29, 0.717) is 0 Å². The van der Waals surface area contributed by atoms with E-state index in [1.807, 2.05) is 13.8 Å². The summed E-state index contributed by atoms with van der Waals surface area (Å²) in [6.45, 7) is 4.84. The fraction of sp³-hybridized carbons (Fsp3) is 0.500. The molecule has 0 bridgehead atoms. The summed E-state index contributed by atoms with van der Waals surface area (Å²) in [7, 11) is 0. The monoisotopic (exact) mass is 198 g/mol. The molecule has 0 saturated carbocycles. The fourth-order valence-corrected chi connectivity index (χ4v) is 1.93. The lowest BCUT2D eigenvalue weighted by Gasteiger charge is -1.92. The van der Waals surface area contributed by atoms with Gasteiger partial charge in [-0.2, -0.15) is 0 Å². The molecule has 0 fully saturated rings. The van der Waals surface area contributed by atoms with Gasteiger partial charge >= 0.3 is 6.41 Å². The van der Waals surface area contributed by atoms with E-state index < -0.39 is 0 Å². The number of aromatic nitrogens is 1. The quantitative estimate of drug-likeness (QED) is 0.707. The molecule has 1 amide bonds. The van der Waals surface area contributed by atoms with Gasteiger partial charge in [-0.25, -0.2) is 4.98 Å². The van der Waals surface area contributed by atoms with Gasteiger partial charge in [-0.1, -0.05) is 18.3 Å². The third-order valence-corrected chi connectivity index (χ3v) is 2.50. The van der Waals surface area contributed by atoms with Crippen LogP contribution in [0.15, 0.2) is 0 Å². The van der Waals surface area contributed by atoms with E-state index in [2.05, 4.69) is 15.6 Å². The van der Waals surface area contributed by atoms with Gasteiger partial charge in [0.2, 0.25) is 0 Å². The smallest absolute Gasteiger partial charge is 0.314 e. The number of carbonyl (C=O) groups excluding carboxylic acids is 1. The van der Waals surface area contributed by atoms with Gasteiger partial charge < -0.3 is 10.6 Å². The SMILES string of the molecule is CCNc1nc(CC)c(N[C]=O)s1. The highest BCUT2D eigenvalue weighted by atomic mass is 32.1. The van der Waals surface area contributed by atoms with E-state index in [9.17, 15) is 4.79 Å². The van der Waals surface area contributed by atoms with Gasteiger partial charge in [0.1, 0.15) is 5.00 Å². The molecule has 0 atom stereocenters. The van der Waals surface area contributed by atoms with E-state index in [0.717, 1.165) is 28.8 Å². The lowest BCUT2D eigenvalue weighted by atomic mass is 10.3. The van der Waals surface area contributed by atoms with Gasteiger partial charge in [0.25, 0.3) is 0 Å². The Kier molecular flexibility index (Phi) is 3.70. The first-order valence-electron chi connectivity index (χ1n) is 4.18. The van der Waals surface area contributed by atoms with Gasteiger partial charge in [0.05, 0.1) is 5.69 Å². The Labute approximate surface area is 81.4 Å². The Hall–Kier alpha value is -1.10. The molecule has 2 N–H and O–H groups in total. The number of amides is 1. The van der Waals surface area contributed by atoms with E-state index in [-0.39, 0.29) is 0 Å². The van der Waals surface area contributed by atoms with Crippen LogP contribution in [0.4, 0.5) is 10.1 Å². The van der Waals surface area contributed by atoms with Crippen molar-refractivity contribution in [1.82, 2.24) is 4.98 Å². The van der Waals surface area contributed by atoms with Crippen LogP contribution in [0.1, 0.15) is 19.5 Å². The number of anilines is 2. The van der Waals surface area contributed by atoms with Crippen molar-refractivity contribution in [3.05, 3.63) is 5.69 Å². The summed E-state index contributed by atoms with van der Waals surface area (Å²) in [5.41, 5.74) is 0.907. The van der Waals surface area contributed by atoms with Crippen molar-refractivity contribution in [2.45, 2.75) is 20.3 Å². The summed E-state index contributed by atoms with van der Waals surface area (Å²) >= 11 is 1.44. The number of rotatable bonds is 5. The summed E-state index contributed by atoms with van der Waals surface area (Å²) in [5.74, 6) is 0. The minimum atomic E-state index is 0.786. The Morgan fingerprint density at radius 3 is 2.85 bits per heavy atom. The molecule has 1 rings (SSSR count). The number of hydrogen-bond acceptors (Lipinski definition) is 4. The van der Waals surface area contributed by atoms with Crippen LogP contribution in [0.3, 0.4) is 0 Å². The van der Waals surface area contributed by atoms with Gasteiger partial charge in [0.15, 0.2) is 5.13 Å². The van der Waals surface area contributed by atoms with Crippen LogP contribution in [0, 0.1) is 0 Å². The van der Waals surface area contributed by atoms with Crippen molar-refractivity contribution in [2.24, 2.45) is 0 Å². The molecule has 0 aliphatic heterocycles. The van der Waals surface area contributed by atoms with Gasteiger partial charge in [-0.05, 0) is 13.3 Å². The molecule has 0 unspecified atom stereocenters. The molecule has 0 aliphatic rings. The minimum absolute atomic E-state index is 0.786. The van der Waals surface area contributed by atoms with Gasteiger partial charge in [0, 0.05) is 6.54 Å². The molecule has 0 spiro atoms. The molecule has 4 nitrogen and oxygen atoms in total. The largest absolute Gasteiger partial charge is 0.362 e. The molecule has 5 heteroatoms. The normalized spacial score (nSPS) is 9.69. The second-order valence-corrected chi connectivity index (χ2v) is 3.40. The van der Waals surface area contributed by atoms with Crippen LogP contribution in [-0.2, 0) is 11.2 Å². The third-order valence-electron chi connectivity index (χ3n) is 1.52. The van der Waals surface area contributed by atoms with E-state index >= 15 is 0 Å². The molecule has 1 radical (unpaired) electrons. The Morgan fingerprint density at radius 1 is 1.54 bits per heavy atom. The van der Waals surface area contributed by atoms with Crippen LogP contribution >= 0.6 is 11.3 Å². The number of nitrogens with one attached hydrogen (secondary N) is 2. The summed E-state index contributed by atoms with van der Waals surface area (Å²) in [5, 5.41) is 7.25. The Bertz CT molecular complexity index is 285. The first kappa shape index (κ1) is 9.98. The first-order chi connectivity index (χ1) is 6.31. The van der Waals surface area contributed by atoms with E-state index in [1.54, 1.807) is 6.41 Å². The molecule has 0 aromatic carbocycles. The van der Waals surface area contributed by atoms with Crippen molar-refractivity contribution < 1.29 is 4.79 Å². The summed E-state index contributed by atoms with van der Waals surface area (Å²) < 4.78 is 0. The molecule has 0 aliphatic carbocycles. The highest BCUT2D eigenvalue weighted by Crippen LogP contribution is 2.27. The molecule has 13 heavy (non-hydrogen) atoms. The molecule has 1 aromatic heterocycles. The minimum Gasteiger partial charge on any atom is -0.362 e. The van der Waals surface area contributed by atoms with E-state index in [1.165, 1.54) is 11.3 Å². The summed E-state index contributed by atoms with van der Waals surface area (Å²) in [6.07, 6.45) is 2.47. The topological polar surface area (TPSA) is 54.0 Å². The maximum Gasteiger partial charge on any atom is 0.314 e. The lowest BCUT2D eigenvalue weighted by molar-refractivity contribution is 0.561. The zero-order valence-electron chi connectivity index (χ0n) is 7.68.